The summed E-state index contributed by atoms with van der Waals surface area (Å²) < 4.78 is 5.27. The summed E-state index contributed by atoms with van der Waals surface area (Å²) in [5, 5.41) is 21.5. The molecule has 118 valence electrons. The summed E-state index contributed by atoms with van der Waals surface area (Å²) in [6, 6.07) is 9.52. The Morgan fingerprint density at radius 3 is 2.48 bits per heavy atom. The SMILES string of the molecule is O=C(OCc1cccc([N+](=O)[O-])c1)c1ccc(Br)c([N+](=O)[O-])c1. The van der Waals surface area contributed by atoms with Crippen molar-refractivity contribution in [2.45, 2.75) is 6.61 Å². The second-order valence-electron chi connectivity index (χ2n) is 4.43. The van der Waals surface area contributed by atoms with Gasteiger partial charge < -0.3 is 4.74 Å². The van der Waals surface area contributed by atoms with E-state index in [0.29, 0.717) is 5.56 Å². The van der Waals surface area contributed by atoms with Crippen LogP contribution in [0.2, 0.25) is 0 Å². The first-order chi connectivity index (χ1) is 10.9. The molecule has 0 aliphatic carbocycles. The number of ether oxygens (including phenoxy) is 1. The van der Waals surface area contributed by atoms with Gasteiger partial charge in [0.25, 0.3) is 11.4 Å². The van der Waals surface area contributed by atoms with Crippen LogP contribution in [0.3, 0.4) is 0 Å². The van der Waals surface area contributed by atoms with E-state index in [1.54, 1.807) is 6.07 Å². The van der Waals surface area contributed by atoms with Crippen molar-refractivity contribution in [3.63, 3.8) is 0 Å². The number of nitrogens with zero attached hydrogens (tertiary/aromatic N) is 2. The molecular formula is C14H9BrN2O6. The summed E-state index contributed by atoms with van der Waals surface area (Å²) in [4.78, 5) is 32.3. The molecule has 0 fully saturated rings. The first-order valence-electron chi connectivity index (χ1n) is 6.23. The molecule has 0 aliphatic heterocycles. The fourth-order valence-corrected chi connectivity index (χ4v) is 2.16. The molecule has 8 nitrogen and oxygen atoms in total. The van der Waals surface area contributed by atoms with E-state index in [4.69, 9.17) is 4.74 Å². The van der Waals surface area contributed by atoms with E-state index in [1.807, 2.05) is 0 Å². The van der Waals surface area contributed by atoms with Crippen LogP contribution in [0.1, 0.15) is 15.9 Å². The average Bonchev–Trinajstić information content (AvgIpc) is 2.53. The lowest BCUT2D eigenvalue weighted by Crippen LogP contribution is -2.06. The van der Waals surface area contributed by atoms with E-state index in [1.165, 1.54) is 30.3 Å². The van der Waals surface area contributed by atoms with Gasteiger partial charge in [-0.15, -0.1) is 0 Å². The fraction of sp³-hybridized carbons (Fsp3) is 0.0714. The number of esters is 1. The van der Waals surface area contributed by atoms with E-state index >= 15 is 0 Å². The Bertz CT molecular complexity index is 793. The number of nitro groups is 2. The number of benzene rings is 2. The highest BCUT2D eigenvalue weighted by Crippen LogP contribution is 2.26. The van der Waals surface area contributed by atoms with Crippen molar-refractivity contribution in [1.29, 1.82) is 0 Å². The second kappa shape index (κ2) is 6.97. The van der Waals surface area contributed by atoms with Crippen LogP contribution in [0.4, 0.5) is 11.4 Å². The Hall–Kier alpha value is -2.81. The van der Waals surface area contributed by atoms with Crippen molar-refractivity contribution >= 4 is 33.3 Å². The molecule has 0 heterocycles. The van der Waals surface area contributed by atoms with Gasteiger partial charge in [0.05, 0.1) is 19.9 Å². The minimum atomic E-state index is -0.757. The molecule has 0 unspecified atom stereocenters. The zero-order chi connectivity index (χ0) is 17.0. The summed E-state index contributed by atoms with van der Waals surface area (Å²) in [5.41, 5.74) is 0.0946. The summed E-state index contributed by atoms with van der Waals surface area (Å²) in [7, 11) is 0. The van der Waals surface area contributed by atoms with Crippen LogP contribution in [-0.2, 0) is 11.3 Å². The second-order valence-corrected chi connectivity index (χ2v) is 5.28. The van der Waals surface area contributed by atoms with Crippen LogP contribution in [0, 0.1) is 20.2 Å². The van der Waals surface area contributed by atoms with Crippen LogP contribution >= 0.6 is 15.9 Å². The highest BCUT2D eigenvalue weighted by molar-refractivity contribution is 9.10. The molecule has 23 heavy (non-hydrogen) atoms. The van der Waals surface area contributed by atoms with Crippen LogP contribution in [0.5, 0.6) is 0 Å². The van der Waals surface area contributed by atoms with Crippen molar-refractivity contribution in [3.05, 3.63) is 78.3 Å². The minimum absolute atomic E-state index is 0.0188. The molecule has 2 aromatic carbocycles. The lowest BCUT2D eigenvalue weighted by atomic mass is 10.2. The number of halogens is 1. The van der Waals surface area contributed by atoms with Gasteiger partial charge in [0.1, 0.15) is 6.61 Å². The van der Waals surface area contributed by atoms with Gasteiger partial charge in [-0.2, -0.15) is 0 Å². The Kier molecular flexibility index (Phi) is 5.02. The first kappa shape index (κ1) is 16.6. The van der Waals surface area contributed by atoms with Crippen LogP contribution in [0.15, 0.2) is 46.9 Å². The van der Waals surface area contributed by atoms with Crippen LogP contribution in [0.25, 0.3) is 0 Å². The number of nitro benzene ring substituents is 2. The molecule has 2 rings (SSSR count). The number of carbonyl (C=O) groups excluding carboxylic acids is 1. The molecule has 9 heteroatoms. The average molecular weight is 381 g/mol. The zero-order valence-corrected chi connectivity index (χ0v) is 13.1. The number of rotatable bonds is 5. The lowest BCUT2D eigenvalue weighted by molar-refractivity contribution is -0.385. The summed E-state index contributed by atoms with van der Waals surface area (Å²) >= 11 is 3.02. The van der Waals surface area contributed by atoms with Crippen molar-refractivity contribution in [2.75, 3.05) is 0 Å². The molecular weight excluding hydrogens is 372 g/mol. The van der Waals surface area contributed by atoms with Crippen molar-refractivity contribution in [1.82, 2.24) is 0 Å². The van der Waals surface area contributed by atoms with Crippen molar-refractivity contribution in [3.8, 4) is 0 Å². The normalized spacial score (nSPS) is 10.1. The first-order valence-corrected chi connectivity index (χ1v) is 7.02. The van der Waals surface area contributed by atoms with Gasteiger partial charge in [0, 0.05) is 18.2 Å². The van der Waals surface area contributed by atoms with Gasteiger partial charge in [0.15, 0.2) is 0 Å². The number of hydrogen-bond donors (Lipinski definition) is 0. The lowest BCUT2D eigenvalue weighted by Gasteiger charge is -2.05. The van der Waals surface area contributed by atoms with Gasteiger partial charge in [-0.3, -0.25) is 20.2 Å². The molecule has 0 saturated heterocycles. The number of carbonyl (C=O) groups is 1. The maximum Gasteiger partial charge on any atom is 0.338 e. The molecule has 0 bridgehead atoms. The summed E-state index contributed by atoms with van der Waals surface area (Å²) in [5.74, 6) is -0.757. The molecule has 2 aromatic rings. The van der Waals surface area contributed by atoms with Crippen molar-refractivity contribution in [2.24, 2.45) is 0 Å². The highest BCUT2D eigenvalue weighted by atomic mass is 79.9. The predicted molar refractivity (Wildman–Crippen MR) is 83.0 cm³/mol. The van der Waals surface area contributed by atoms with E-state index in [-0.39, 0.29) is 28.0 Å². The Labute approximate surface area is 138 Å². The van der Waals surface area contributed by atoms with Gasteiger partial charge in [-0.05, 0) is 33.6 Å². The van der Waals surface area contributed by atoms with Gasteiger partial charge in [-0.1, -0.05) is 12.1 Å². The molecule has 0 N–H and O–H groups in total. The Morgan fingerprint density at radius 2 is 1.83 bits per heavy atom. The fourth-order valence-electron chi connectivity index (χ4n) is 1.77. The quantitative estimate of drug-likeness (QED) is 0.444. The minimum Gasteiger partial charge on any atom is -0.457 e. The van der Waals surface area contributed by atoms with Gasteiger partial charge in [-0.25, -0.2) is 4.79 Å². The zero-order valence-electron chi connectivity index (χ0n) is 11.5. The van der Waals surface area contributed by atoms with Gasteiger partial charge >= 0.3 is 5.97 Å². The van der Waals surface area contributed by atoms with Crippen LogP contribution in [-0.4, -0.2) is 15.8 Å². The maximum atomic E-state index is 11.9. The number of non-ortho nitro benzene ring substituents is 1. The van der Waals surface area contributed by atoms with Crippen LogP contribution < -0.4 is 0 Å². The third kappa shape index (κ3) is 4.10. The Balaban J connectivity index is 2.11. The molecule has 0 atom stereocenters. The molecule has 0 aliphatic rings. The smallest absolute Gasteiger partial charge is 0.338 e. The predicted octanol–water partition coefficient (Wildman–Crippen LogP) is 3.62. The van der Waals surface area contributed by atoms with Crippen molar-refractivity contribution < 1.29 is 19.4 Å². The van der Waals surface area contributed by atoms with E-state index in [0.717, 1.165) is 6.07 Å². The molecule has 0 aromatic heterocycles. The largest absolute Gasteiger partial charge is 0.457 e. The van der Waals surface area contributed by atoms with Gasteiger partial charge in [0.2, 0.25) is 0 Å². The third-order valence-corrected chi connectivity index (χ3v) is 3.54. The molecule has 0 saturated carbocycles. The number of hydrogen-bond acceptors (Lipinski definition) is 6. The topological polar surface area (TPSA) is 113 Å². The highest BCUT2D eigenvalue weighted by Gasteiger charge is 2.17. The third-order valence-electron chi connectivity index (χ3n) is 2.87. The molecule has 0 spiro atoms. The summed E-state index contributed by atoms with van der Waals surface area (Å²) in [6.07, 6.45) is 0. The maximum absolute atomic E-state index is 11.9. The molecule has 0 amide bonds. The van der Waals surface area contributed by atoms with E-state index in [9.17, 15) is 25.0 Å². The van der Waals surface area contributed by atoms with E-state index in [2.05, 4.69) is 15.9 Å². The monoisotopic (exact) mass is 380 g/mol. The summed E-state index contributed by atoms with van der Waals surface area (Å²) in [6.45, 7) is -0.176. The standard InChI is InChI=1S/C14H9BrN2O6/c15-12-5-4-10(7-13(12)17(21)22)14(18)23-8-9-2-1-3-11(6-9)16(19)20/h1-7H,8H2. The molecule has 0 radical (unpaired) electrons. The van der Waals surface area contributed by atoms with E-state index < -0.39 is 15.8 Å². The Morgan fingerprint density at radius 1 is 1.09 bits per heavy atom.